The SMILES string of the molecule is CC1c2nn(C)c(-c3cnn(-c4ccccn4)c3)c2CCN1C(=O)c1ccc2ncccc2c1. The molecule has 0 radical (unpaired) electrons. The summed E-state index contributed by atoms with van der Waals surface area (Å²) in [4.78, 5) is 24.1. The lowest BCUT2D eigenvalue weighted by Gasteiger charge is -2.33. The molecule has 0 bridgehead atoms. The Hall–Kier alpha value is -4.33. The summed E-state index contributed by atoms with van der Waals surface area (Å²) < 4.78 is 3.67. The Morgan fingerprint density at radius 1 is 1.06 bits per heavy atom. The number of carbonyl (C=O) groups excluding carboxylic acids is 1. The van der Waals surface area contributed by atoms with Crippen LogP contribution in [0.5, 0.6) is 0 Å². The third-order valence-electron chi connectivity index (χ3n) is 6.49. The van der Waals surface area contributed by atoms with Crippen LogP contribution in [0.2, 0.25) is 0 Å². The predicted molar refractivity (Wildman–Crippen MR) is 128 cm³/mol. The molecule has 1 aliphatic heterocycles. The van der Waals surface area contributed by atoms with Gasteiger partial charge in [-0.2, -0.15) is 10.2 Å². The molecule has 0 saturated carbocycles. The summed E-state index contributed by atoms with van der Waals surface area (Å²) in [5.41, 5.74) is 5.67. The van der Waals surface area contributed by atoms with Crippen LogP contribution in [0.15, 0.2) is 73.3 Å². The van der Waals surface area contributed by atoms with Crippen LogP contribution in [0.1, 0.15) is 34.6 Å². The van der Waals surface area contributed by atoms with Gasteiger partial charge >= 0.3 is 0 Å². The number of benzene rings is 1. The van der Waals surface area contributed by atoms with Crippen molar-refractivity contribution in [3.8, 4) is 17.1 Å². The van der Waals surface area contributed by atoms with Crippen molar-refractivity contribution < 1.29 is 4.79 Å². The average molecular weight is 450 g/mol. The molecule has 1 aromatic carbocycles. The molecule has 0 saturated heterocycles. The summed E-state index contributed by atoms with van der Waals surface area (Å²) in [6, 6.07) is 15.2. The fraction of sp³-hybridized carbons (Fsp3) is 0.192. The van der Waals surface area contributed by atoms with Gasteiger partial charge in [-0.25, -0.2) is 9.67 Å². The standard InChI is InChI=1S/C26H23N7O/c1-17-24-21(10-13-32(17)26(34)19-8-9-22-18(14-19)6-5-12-27-22)25(31(2)30-24)20-15-29-33(16-20)23-7-3-4-11-28-23/h3-9,11-12,14-17H,10,13H2,1-2H3. The van der Waals surface area contributed by atoms with Gasteiger partial charge in [0.05, 0.1) is 29.1 Å². The number of aryl methyl sites for hydroxylation is 1. The van der Waals surface area contributed by atoms with Crippen molar-refractivity contribution in [3.63, 3.8) is 0 Å². The molecule has 5 aromatic rings. The molecule has 0 spiro atoms. The van der Waals surface area contributed by atoms with Crippen LogP contribution in [-0.4, -0.2) is 46.9 Å². The summed E-state index contributed by atoms with van der Waals surface area (Å²) >= 11 is 0. The van der Waals surface area contributed by atoms with Gasteiger partial charge in [0.2, 0.25) is 0 Å². The van der Waals surface area contributed by atoms with Crippen LogP contribution in [0.3, 0.4) is 0 Å². The molecule has 1 atom stereocenters. The van der Waals surface area contributed by atoms with E-state index in [1.807, 2.05) is 84.5 Å². The first-order valence-corrected chi connectivity index (χ1v) is 11.3. The second-order valence-electron chi connectivity index (χ2n) is 8.53. The first-order valence-electron chi connectivity index (χ1n) is 11.3. The van der Waals surface area contributed by atoms with Gasteiger partial charge in [-0.1, -0.05) is 12.1 Å². The lowest BCUT2D eigenvalue weighted by Crippen LogP contribution is -2.38. The molecule has 1 amide bonds. The molecule has 0 N–H and O–H groups in total. The molecule has 0 fully saturated rings. The topological polar surface area (TPSA) is 81.7 Å². The molecule has 8 nitrogen and oxygen atoms in total. The minimum Gasteiger partial charge on any atom is -0.330 e. The highest BCUT2D eigenvalue weighted by molar-refractivity contribution is 5.98. The molecule has 168 valence electrons. The zero-order valence-corrected chi connectivity index (χ0v) is 19.0. The molecule has 8 heteroatoms. The van der Waals surface area contributed by atoms with Crippen LogP contribution in [0, 0.1) is 0 Å². The van der Waals surface area contributed by atoms with Gasteiger partial charge in [-0.15, -0.1) is 0 Å². The van der Waals surface area contributed by atoms with Crippen molar-refractivity contribution in [3.05, 3.63) is 90.1 Å². The molecular weight excluding hydrogens is 426 g/mol. The molecule has 1 aliphatic rings. The van der Waals surface area contributed by atoms with E-state index in [4.69, 9.17) is 5.10 Å². The largest absolute Gasteiger partial charge is 0.330 e. The second kappa shape index (κ2) is 7.91. The van der Waals surface area contributed by atoms with E-state index in [-0.39, 0.29) is 11.9 Å². The predicted octanol–water partition coefficient (Wildman–Crippen LogP) is 3.98. The normalized spacial score (nSPS) is 15.5. The maximum atomic E-state index is 13.4. The summed E-state index contributed by atoms with van der Waals surface area (Å²) in [5.74, 6) is 0.777. The van der Waals surface area contributed by atoms with E-state index in [9.17, 15) is 4.79 Å². The lowest BCUT2D eigenvalue weighted by atomic mass is 9.96. The highest BCUT2D eigenvalue weighted by atomic mass is 16.2. The zero-order chi connectivity index (χ0) is 23.2. The molecule has 5 heterocycles. The number of fused-ring (bicyclic) bond motifs is 2. The van der Waals surface area contributed by atoms with Crippen molar-refractivity contribution in [2.45, 2.75) is 19.4 Å². The van der Waals surface area contributed by atoms with Crippen LogP contribution in [0.4, 0.5) is 0 Å². The highest BCUT2D eigenvalue weighted by Crippen LogP contribution is 2.36. The fourth-order valence-electron chi connectivity index (χ4n) is 4.82. The van der Waals surface area contributed by atoms with Crippen LogP contribution < -0.4 is 0 Å². The van der Waals surface area contributed by atoms with Crippen LogP contribution in [-0.2, 0) is 13.5 Å². The van der Waals surface area contributed by atoms with E-state index in [0.717, 1.165) is 40.1 Å². The molecule has 4 aromatic heterocycles. The quantitative estimate of drug-likeness (QED) is 0.416. The van der Waals surface area contributed by atoms with Crippen LogP contribution in [0.25, 0.3) is 28.0 Å². The first-order chi connectivity index (χ1) is 16.6. The summed E-state index contributed by atoms with van der Waals surface area (Å²) in [6.45, 7) is 2.68. The summed E-state index contributed by atoms with van der Waals surface area (Å²) in [5, 5.41) is 10.3. The summed E-state index contributed by atoms with van der Waals surface area (Å²) in [6.07, 6.45) is 8.07. The Balaban J connectivity index is 1.32. The number of amides is 1. The summed E-state index contributed by atoms with van der Waals surface area (Å²) in [7, 11) is 1.95. The Labute approximate surface area is 196 Å². The fourth-order valence-corrected chi connectivity index (χ4v) is 4.82. The lowest BCUT2D eigenvalue weighted by molar-refractivity contribution is 0.0674. The zero-order valence-electron chi connectivity index (χ0n) is 19.0. The van der Waals surface area contributed by atoms with E-state index in [0.29, 0.717) is 12.1 Å². The number of nitrogens with zero attached hydrogens (tertiary/aromatic N) is 7. The monoisotopic (exact) mass is 449 g/mol. The van der Waals surface area contributed by atoms with Gasteiger partial charge < -0.3 is 4.90 Å². The number of aromatic nitrogens is 6. The minimum atomic E-state index is -0.133. The highest BCUT2D eigenvalue weighted by Gasteiger charge is 2.33. The first kappa shape index (κ1) is 20.3. The number of carbonyl (C=O) groups is 1. The maximum Gasteiger partial charge on any atom is 0.254 e. The van der Waals surface area contributed by atoms with Crippen molar-refractivity contribution >= 4 is 16.8 Å². The third-order valence-corrected chi connectivity index (χ3v) is 6.49. The van der Waals surface area contributed by atoms with Gasteiger partial charge in [-0.3, -0.25) is 14.5 Å². The van der Waals surface area contributed by atoms with E-state index < -0.39 is 0 Å². The third kappa shape index (κ3) is 3.26. The maximum absolute atomic E-state index is 13.4. The van der Waals surface area contributed by atoms with E-state index in [2.05, 4.69) is 15.1 Å². The molecule has 0 aliphatic carbocycles. The number of pyridine rings is 2. The van der Waals surface area contributed by atoms with Crippen molar-refractivity contribution in [1.82, 2.24) is 34.4 Å². The van der Waals surface area contributed by atoms with Gasteiger partial charge in [0.15, 0.2) is 5.82 Å². The van der Waals surface area contributed by atoms with Gasteiger partial charge in [-0.05, 0) is 49.7 Å². The number of rotatable bonds is 3. The average Bonchev–Trinajstić information content (AvgIpc) is 3.48. The van der Waals surface area contributed by atoms with Gasteiger partial charge in [0.1, 0.15) is 0 Å². The van der Waals surface area contributed by atoms with E-state index in [1.54, 1.807) is 17.1 Å². The molecule has 1 unspecified atom stereocenters. The van der Waals surface area contributed by atoms with Crippen molar-refractivity contribution in [2.24, 2.45) is 7.05 Å². The smallest absolute Gasteiger partial charge is 0.254 e. The molecular formula is C26H23N7O. The Morgan fingerprint density at radius 2 is 1.94 bits per heavy atom. The van der Waals surface area contributed by atoms with E-state index in [1.165, 1.54) is 5.56 Å². The number of hydrogen-bond donors (Lipinski definition) is 0. The van der Waals surface area contributed by atoms with Crippen molar-refractivity contribution in [1.29, 1.82) is 0 Å². The number of hydrogen-bond acceptors (Lipinski definition) is 5. The van der Waals surface area contributed by atoms with E-state index >= 15 is 0 Å². The van der Waals surface area contributed by atoms with Crippen molar-refractivity contribution in [2.75, 3.05) is 6.54 Å². The van der Waals surface area contributed by atoms with Gasteiger partial charge in [0, 0.05) is 54.3 Å². The Kier molecular flexibility index (Phi) is 4.72. The molecule has 6 rings (SSSR count). The second-order valence-corrected chi connectivity index (χ2v) is 8.53. The van der Waals surface area contributed by atoms with Crippen LogP contribution >= 0.6 is 0 Å². The Bertz CT molecular complexity index is 1520. The van der Waals surface area contributed by atoms with Gasteiger partial charge in [0.25, 0.3) is 5.91 Å². The Morgan fingerprint density at radius 3 is 2.79 bits per heavy atom. The minimum absolute atomic E-state index is 0.0130. The molecule has 34 heavy (non-hydrogen) atoms.